The minimum Gasteiger partial charge on any atom is -0.484 e. The van der Waals surface area contributed by atoms with Crippen LogP contribution in [0.1, 0.15) is 25.8 Å². The summed E-state index contributed by atoms with van der Waals surface area (Å²) in [7, 11) is 0. The summed E-state index contributed by atoms with van der Waals surface area (Å²) >= 11 is 0. The average molecular weight is 445 g/mol. The predicted octanol–water partition coefficient (Wildman–Crippen LogP) is 3.71. The largest absolute Gasteiger partial charge is 0.484 e. The van der Waals surface area contributed by atoms with E-state index in [9.17, 15) is 13.2 Å². The predicted molar refractivity (Wildman–Crippen MR) is 96.5 cm³/mol. The Labute approximate surface area is 151 Å². The van der Waals surface area contributed by atoms with E-state index in [-0.39, 0.29) is 36.3 Å². The molecule has 0 spiro atoms. The topological polar surface area (TPSA) is 45.7 Å². The molecule has 2 N–H and O–H groups in total. The number of nitrogens with one attached hydrogen (secondary N) is 2. The van der Waals surface area contributed by atoms with Gasteiger partial charge in [0, 0.05) is 18.7 Å². The molecular weight excluding hydrogens is 422 g/mol. The molecule has 132 valence electrons. The average Bonchev–Trinajstić information content (AvgIpc) is 2.48. The quantitative estimate of drug-likeness (QED) is 0.382. The van der Waals surface area contributed by atoms with Crippen LogP contribution in [0, 0.1) is 0 Å². The molecule has 0 amide bonds. The van der Waals surface area contributed by atoms with Crippen molar-refractivity contribution in [3.05, 3.63) is 29.8 Å². The van der Waals surface area contributed by atoms with E-state index in [1.54, 1.807) is 18.2 Å². The molecule has 0 heterocycles. The second-order valence-corrected chi connectivity index (χ2v) is 4.63. The minimum atomic E-state index is -4.35. The van der Waals surface area contributed by atoms with E-state index in [1.165, 1.54) is 6.07 Å². The number of hydrogen-bond donors (Lipinski definition) is 2. The van der Waals surface area contributed by atoms with E-state index in [2.05, 4.69) is 15.6 Å². The van der Waals surface area contributed by atoms with E-state index >= 15 is 0 Å². The molecule has 0 aliphatic carbocycles. The van der Waals surface area contributed by atoms with Crippen LogP contribution in [0.2, 0.25) is 0 Å². The van der Waals surface area contributed by atoms with Gasteiger partial charge >= 0.3 is 6.18 Å². The smallest absolute Gasteiger partial charge is 0.422 e. The van der Waals surface area contributed by atoms with Crippen LogP contribution in [0.5, 0.6) is 5.75 Å². The Kier molecular flexibility index (Phi) is 10.8. The lowest BCUT2D eigenvalue weighted by Crippen LogP contribution is -2.37. The Balaban J connectivity index is 0.00000484. The van der Waals surface area contributed by atoms with Gasteiger partial charge in [-0.15, -0.1) is 24.0 Å². The maximum atomic E-state index is 12.3. The highest BCUT2D eigenvalue weighted by Crippen LogP contribution is 2.22. The first-order valence-electron chi connectivity index (χ1n) is 7.26. The summed E-state index contributed by atoms with van der Waals surface area (Å²) in [5.41, 5.74) is 0.612. The maximum absolute atomic E-state index is 12.3. The third kappa shape index (κ3) is 9.52. The van der Waals surface area contributed by atoms with E-state index in [4.69, 9.17) is 4.74 Å². The van der Waals surface area contributed by atoms with E-state index in [0.29, 0.717) is 18.1 Å². The molecule has 0 atom stereocenters. The Morgan fingerprint density at radius 3 is 2.48 bits per heavy atom. The molecule has 0 radical (unpaired) electrons. The first-order valence-corrected chi connectivity index (χ1v) is 7.26. The van der Waals surface area contributed by atoms with Crippen LogP contribution in [0.4, 0.5) is 13.2 Å². The van der Waals surface area contributed by atoms with Gasteiger partial charge in [-0.2, -0.15) is 13.2 Å². The normalized spacial score (nSPS) is 11.6. The lowest BCUT2D eigenvalue weighted by Gasteiger charge is -2.13. The SMILES string of the molecule is CCCNC(=NCc1ccccc1OCC(F)(F)F)NCC.I. The lowest BCUT2D eigenvalue weighted by molar-refractivity contribution is -0.153. The molecule has 0 bridgehead atoms. The maximum Gasteiger partial charge on any atom is 0.422 e. The molecule has 0 aromatic heterocycles. The van der Waals surface area contributed by atoms with Crippen molar-refractivity contribution in [3.8, 4) is 5.75 Å². The number of rotatable bonds is 7. The molecule has 0 unspecified atom stereocenters. The summed E-state index contributed by atoms with van der Waals surface area (Å²) in [6.45, 7) is 4.41. The van der Waals surface area contributed by atoms with Crippen molar-refractivity contribution in [1.29, 1.82) is 0 Å². The van der Waals surface area contributed by atoms with Crippen LogP contribution in [0.3, 0.4) is 0 Å². The fourth-order valence-corrected chi connectivity index (χ4v) is 1.68. The zero-order valence-electron chi connectivity index (χ0n) is 13.2. The molecular formula is C15H23F3IN3O. The highest BCUT2D eigenvalue weighted by Gasteiger charge is 2.28. The zero-order valence-corrected chi connectivity index (χ0v) is 15.6. The number of alkyl halides is 3. The van der Waals surface area contributed by atoms with E-state index < -0.39 is 12.8 Å². The van der Waals surface area contributed by atoms with Crippen LogP contribution in [-0.2, 0) is 6.54 Å². The van der Waals surface area contributed by atoms with Gasteiger partial charge < -0.3 is 15.4 Å². The summed E-state index contributed by atoms with van der Waals surface area (Å²) in [6.07, 6.45) is -3.40. The van der Waals surface area contributed by atoms with Gasteiger partial charge in [-0.25, -0.2) is 4.99 Å². The highest BCUT2D eigenvalue weighted by molar-refractivity contribution is 14.0. The summed E-state index contributed by atoms with van der Waals surface area (Å²) in [6, 6.07) is 6.61. The monoisotopic (exact) mass is 445 g/mol. The molecule has 0 saturated heterocycles. The minimum absolute atomic E-state index is 0. The fourth-order valence-electron chi connectivity index (χ4n) is 1.68. The van der Waals surface area contributed by atoms with Gasteiger partial charge in [0.1, 0.15) is 5.75 Å². The van der Waals surface area contributed by atoms with Crippen molar-refractivity contribution < 1.29 is 17.9 Å². The van der Waals surface area contributed by atoms with Gasteiger partial charge in [-0.1, -0.05) is 25.1 Å². The van der Waals surface area contributed by atoms with Gasteiger partial charge in [0.2, 0.25) is 0 Å². The van der Waals surface area contributed by atoms with Gasteiger partial charge in [-0.3, -0.25) is 0 Å². The Bertz CT molecular complexity index is 481. The van der Waals surface area contributed by atoms with Crippen LogP contribution in [-0.4, -0.2) is 31.8 Å². The molecule has 4 nitrogen and oxygen atoms in total. The highest BCUT2D eigenvalue weighted by atomic mass is 127. The molecule has 0 fully saturated rings. The number of aliphatic imine (C=N–C) groups is 1. The summed E-state index contributed by atoms with van der Waals surface area (Å²) in [5, 5.41) is 6.22. The fraction of sp³-hybridized carbons (Fsp3) is 0.533. The number of ether oxygens (including phenoxy) is 1. The number of halogens is 4. The Morgan fingerprint density at radius 1 is 1.17 bits per heavy atom. The molecule has 8 heteroatoms. The zero-order chi connectivity index (χ0) is 16.4. The first-order chi connectivity index (χ1) is 10.5. The van der Waals surface area contributed by atoms with Gasteiger partial charge in [0.15, 0.2) is 12.6 Å². The molecule has 0 saturated carbocycles. The van der Waals surface area contributed by atoms with Crippen molar-refractivity contribution in [1.82, 2.24) is 10.6 Å². The van der Waals surface area contributed by atoms with Crippen molar-refractivity contribution in [3.63, 3.8) is 0 Å². The van der Waals surface area contributed by atoms with Crippen molar-refractivity contribution in [2.75, 3.05) is 19.7 Å². The molecule has 0 aliphatic rings. The summed E-state index contributed by atoms with van der Waals surface area (Å²) in [5.74, 6) is 0.838. The van der Waals surface area contributed by atoms with Crippen molar-refractivity contribution >= 4 is 29.9 Å². The van der Waals surface area contributed by atoms with Crippen molar-refractivity contribution in [2.45, 2.75) is 33.0 Å². The molecule has 1 aromatic rings. The standard InChI is InChI=1S/C15H22F3N3O.HI/c1-3-9-20-14(19-4-2)21-10-12-7-5-6-8-13(12)22-11-15(16,17)18;/h5-8H,3-4,9-11H2,1-2H3,(H2,19,20,21);1H. The Morgan fingerprint density at radius 2 is 1.87 bits per heavy atom. The van der Waals surface area contributed by atoms with Crippen LogP contribution >= 0.6 is 24.0 Å². The third-order valence-electron chi connectivity index (χ3n) is 2.66. The van der Waals surface area contributed by atoms with Gasteiger partial charge in [0.05, 0.1) is 6.54 Å². The van der Waals surface area contributed by atoms with Crippen LogP contribution in [0.15, 0.2) is 29.3 Å². The Hall–Kier alpha value is -1.19. The number of para-hydroxylation sites is 1. The summed E-state index contributed by atoms with van der Waals surface area (Å²) in [4.78, 5) is 4.36. The molecule has 23 heavy (non-hydrogen) atoms. The number of guanidine groups is 1. The number of benzene rings is 1. The lowest BCUT2D eigenvalue weighted by atomic mass is 10.2. The first kappa shape index (κ1) is 21.8. The molecule has 0 aliphatic heterocycles. The third-order valence-corrected chi connectivity index (χ3v) is 2.66. The number of nitrogens with zero attached hydrogens (tertiary/aromatic N) is 1. The number of hydrogen-bond acceptors (Lipinski definition) is 2. The van der Waals surface area contributed by atoms with Crippen LogP contribution < -0.4 is 15.4 Å². The second kappa shape index (κ2) is 11.4. The molecule has 1 rings (SSSR count). The summed E-state index contributed by atoms with van der Waals surface area (Å²) < 4.78 is 41.6. The second-order valence-electron chi connectivity index (χ2n) is 4.63. The van der Waals surface area contributed by atoms with Gasteiger partial charge in [0.25, 0.3) is 0 Å². The van der Waals surface area contributed by atoms with Crippen LogP contribution in [0.25, 0.3) is 0 Å². The van der Waals surface area contributed by atoms with E-state index in [0.717, 1.165) is 13.0 Å². The van der Waals surface area contributed by atoms with E-state index in [1.807, 2.05) is 13.8 Å². The van der Waals surface area contributed by atoms with Gasteiger partial charge in [-0.05, 0) is 19.4 Å². The van der Waals surface area contributed by atoms with Crippen molar-refractivity contribution in [2.24, 2.45) is 4.99 Å². The molecule has 1 aromatic carbocycles.